The molecule has 0 aliphatic heterocycles. The van der Waals surface area contributed by atoms with Crippen molar-refractivity contribution in [2.24, 2.45) is 0 Å². The molecule has 0 spiro atoms. The molecule has 5 nitrogen and oxygen atoms in total. The maximum absolute atomic E-state index is 12.7. The van der Waals surface area contributed by atoms with Crippen LogP contribution in [0.5, 0.6) is 0 Å². The van der Waals surface area contributed by atoms with Gasteiger partial charge in [-0.15, -0.1) is 0 Å². The van der Waals surface area contributed by atoms with E-state index in [1.54, 1.807) is 31.8 Å². The van der Waals surface area contributed by atoms with E-state index in [1.165, 1.54) is 11.5 Å². The average Bonchev–Trinajstić information content (AvgIpc) is 2.81. The van der Waals surface area contributed by atoms with Crippen molar-refractivity contribution in [3.63, 3.8) is 0 Å². The lowest BCUT2D eigenvalue weighted by Gasteiger charge is -2.14. The molecule has 3 aromatic rings. The maximum atomic E-state index is 12.7. The lowest BCUT2D eigenvalue weighted by atomic mass is 10.0. The number of halogens is 3. The SMILES string of the molecule is Cc1cc2snc(C)c2c(C)c1-n1c(=O)cc(C(F)(F)F)[nH]c1=O. The Kier molecular flexibility index (Phi) is 3.63. The molecule has 0 saturated carbocycles. The summed E-state index contributed by atoms with van der Waals surface area (Å²) >= 11 is 1.29. The Morgan fingerprint density at radius 3 is 2.42 bits per heavy atom. The molecule has 2 aromatic heterocycles. The van der Waals surface area contributed by atoms with E-state index in [0.29, 0.717) is 17.2 Å². The van der Waals surface area contributed by atoms with Crippen LogP contribution in [-0.2, 0) is 6.18 Å². The van der Waals surface area contributed by atoms with Gasteiger partial charge in [-0.2, -0.15) is 17.5 Å². The second-order valence-corrected chi connectivity index (χ2v) is 6.27. The summed E-state index contributed by atoms with van der Waals surface area (Å²) in [5, 5.41) is 0.798. The Morgan fingerprint density at radius 2 is 1.83 bits per heavy atom. The molecule has 1 aromatic carbocycles. The number of aromatic amines is 1. The predicted octanol–water partition coefficient (Wildman–Crippen LogP) is 3.08. The van der Waals surface area contributed by atoms with Crippen LogP contribution in [0.2, 0.25) is 0 Å². The third-order valence-corrected chi connectivity index (χ3v) is 4.69. The highest BCUT2D eigenvalue weighted by molar-refractivity contribution is 7.13. The Bertz CT molecular complexity index is 1050. The van der Waals surface area contributed by atoms with Crippen molar-refractivity contribution in [3.05, 3.63) is 55.5 Å². The predicted molar refractivity (Wildman–Crippen MR) is 85.1 cm³/mol. The molecule has 0 aliphatic carbocycles. The number of H-pyrrole nitrogens is 1. The summed E-state index contributed by atoms with van der Waals surface area (Å²) in [5.74, 6) is 0. The van der Waals surface area contributed by atoms with Crippen molar-refractivity contribution in [3.8, 4) is 5.69 Å². The number of nitrogens with one attached hydrogen (secondary N) is 1. The molecule has 0 bridgehead atoms. The van der Waals surface area contributed by atoms with Crippen LogP contribution in [0.4, 0.5) is 13.2 Å². The Balaban J connectivity index is 2.39. The van der Waals surface area contributed by atoms with E-state index in [1.807, 2.05) is 0 Å². The van der Waals surface area contributed by atoms with E-state index in [0.717, 1.165) is 20.3 Å². The van der Waals surface area contributed by atoms with E-state index < -0.39 is 23.1 Å². The molecule has 0 amide bonds. The molecule has 0 unspecified atom stereocenters. The summed E-state index contributed by atoms with van der Waals surface area (Å²) < 4.78 is 44.1. The lowest BCUT2D eigenvalue weighted by molar-refractivity contribution is -0.141. The standard InChI is InChI=1S/C15H12F3N3O2S/c1-6-4-9-12(8(3)20-24-9)7(2)13(6)21-11(22)5-10(15(16,17)18)19-14(21)23/h4-5H,1-3H3,(H,19,23). The molecule has 0 saturated heterocycles. The molecule has 9 heteroatoms. The van der Waals surface area contributed by atoms with Gasteiger partial charge in [0.1, 0.15) is 5.69 Å². The molecule has 0 atom stereocenters. The van der Waals surface area contributed by atoms with Gasteiger partial charge < -0.3 is 4.98 Å². The zero-order valence-corrected chi connectivity index (χ0v) is 13.7. The van der Waals surface area contributed by atoms with Crippen LogP contribution in [0.25, 0.3) is 15.8 Å². The van der Waals surface area contributed by atoms with Crippen molar-refractivity contribution in [2.45, 2.75) is 26.9 Å². The van der Waals surface area contributed by atoms with Gasteiger partial charge in [0.15, 0.2) is 0 Å². The normalized spacial score (nSPS) is 12.1. The highest BCUT2D eigenvalue weighted by atomic mass is 32.1. The molecule has 2 heterocycles. The van der Waals surface area contributed by atoms with Crippen molar-refractivity contribution >= 4 is 21.6 Å². The van der Waals surface area contributed by atoms with E-state index in [-0.39, 0.29) is 5.69 Å². The van der Waals surface area contributed by atoms with Crippen molar-refractivity contribution in [2.75, 3.05) is 0 Å². The third kappa shape index (κ3) is 2.44. The number of rotatable bonds is 1. The first-order valence-electron chi connectivity index (χ1n) is 6.91. The van der Waals surface area contributed by atoms with Crippen LogP contribution >= 0.6 is 11.5 Å². The van der Waals surface area contributed by atoms with Gasteiger partial charge in [-0.05, 0) is 49.5 Å². The number of fused-ring (bicyclic) bond motifs is 1. The minimum Gasteiger partial charge on any atom is -0.303 e. The largest absolute Gasteiger partial charge is 0.431 e. The summed E-state index contributed by atoms with van der Waals surface area (Å²) in [7, 11) is 0. The van der Waals surface area contributed by atoms with E-state index >= 15 is 0 Å². The van der Waals surface area contributed by atoms with E-state index in [2.05, 4.69) is 4.37 Å². The van der Waals surface area contributed by atoms with Gasteiger partial charge in [-0.25, -0.2) is 9.36 Å². The van der Waals surface area contributed by atoms with Crippen LogP contribution in [-0.4, -0.2) is 13.9 Å². The van der Waals surface area contributed by atoms with Gasteiger partial charge in [0.25, 0.3) is 5.56 Å². The monoisotopic (exact) mass is 355 g/mol. The van der Waals surface area contributed by atoms with Gasteiger partial charge >= 0.3 is 11.9 Å². The van der Waals surface area contributed by atoms with Gasteiger partial charge in [0.2, 0.25) is 0 Å². The molecule has 0 fully saturated rings. The first-order chi connectivity index (χ1) is 11.1. The molecule has 3 rings (SSSR count). The molecule has 126 valence electrons. The number of benzene rings is 1. The average molecular weight is 355 g/mol. The molecule has 0 radical (unpaired) electrons. The lowest BCUT2D eigenvalue weighted by Crippen LogP contribution is -2.36. The number of aryl methyl sites for hydroxylation is 3. The molecule has 0 aliphatic rings. The highest BCUT2D eigenvalue weighted by Crippen LogP contribution is 2.32. The number of hydrogen-bond donors (Lipinski definition) is 1. The number of aromatic nitrogens is 3. The van der Waals surface area contributed by atoms with Crippen LogP contribution in [0.15, 0.2) is 21.7 Å². The quantitative estimate of drug-likeness (QED) is 0.729. The Morgan fingerprint density at radius 1 is 1.17 bits per heavy atom. The minimum atomic E-state index is -4.79. The number of alkyl halides is 3. The highest BCUT2D eigenvalue weighted by Gasteiger charge is 2.33. The van der Waals surface area contributed by atoms with Crippen molar-refractivity contribution in [1.82, 2.24) is 13.9 Å². The van der Waals surface area contributed by atoms with Crippen LogP contribution in [0, 0.1) is 20.8 Å². The Labute approximate surface area is 137 Å². The van der Waals surface area contributed by atoms with Crippen LogP contribution < -0.4 is 11.2 Å². The molecular formula is C15H12F3N3O2S. The molecule has 1 N–H and O–H groups in total. The summed E-state index contributed by atoms with van der Waals surface area (Å²) in [5.41, 5.74) is -1.26. The van der Waals surface area contributed by atoms with Gasteiger partial charge in [0, 0.05) is 11.5 Å². The van der Waals surface area contributed by atoms with E-state index in [9.17, 15) is 22.8 Å². The summed E-state index contributed by atoms with van der Waals surface area (Å²) in [6.07, 6.45) is -4.79. The second kappa shape index (κ2) is 5.30. The van der Waals surface area contributed by atoms with Crippen molar-refractivity contribution < 1.29 is 13.2 Å². The Hall–Kier alpha value is -2.42. The van der Waals surface area contributed by atoms with Crippen LogP contribution in [0.1, 0.15) is 22.5 Å². The number of hydrogen-bond acceptors (Lipinski definition) is 4. The summed E-state index contributed by atoms with van der Waals surface area (Å²) in [4.78, 5) is 26.1. The summed E-state index contributed by atoms with van der Waals surface area (Å²) in [6, 6.07) is 2.16. The first-order valence-corrected chi connectivity index (χ1v) is 7.68. The molecule has 24 heavy (non-hydrogen) atoms. The fraction of sp³-hybridized carbons (Fsp3) is 0.267. The number of nitrogens with zero attached hydrogens (tertiary/aromatic N) is 2. The first kappa shape index (κ1) is 16.4. The zero-order chi connectivity index (χ0) is 17.8. The van der Waals surface area contributed by atoms with Crippen LogP contribution in [0.3, 0.4) is 0 Å². The van der Waals surface area contributed by atoms with Gasteiger partial charge in [0.05, 0.1) is 16.1 Å². The maximum Gasteiger partial charge on any atom is 0.431 e. The minimum absolute atomic E-state index is 0.283. The van der Waals surface area contributed by atoms with E-state index in [4.69, 9.17) is 0 Å². The fourth-order valence-electron chi connectivity index (χ4n) is 2.82. The smallest absolute Gasteiger partial charge is 0.303 e. The molecular weight excluding hydrogens is 343 g/mol. The topological polar surface area (TPSA) is 67.8 Å². The van der Waals surface area contributed by atoms with Gasteiger partial charge in [-0.1, -0.05) is 0 Å². The zero-order valence-electron chi connectivity index (χ0n) is 12.9. The fourth-order valence-corrected chi connectivity index (χ4v) is 3.77. The second-order valence-electron chi connectivity index (χ2n) is 5.47. The van der Waals surface area contributed by atoms with Crippen molar-refractivity contribution in [1.29, 1.82) is 0 Å². The van der Waals surface area contributed by atoms with Gasteiger partial charge in [-0.3, -0.25) is 4.79 Å². The third-order valence-electron chi connectivity index (χ3n) is 3.80. The summed E-state index contributed by atoms with van der Waals surface area (Å²) in [6.45, 7) is 5.21.